The van der Waals surface area contributed by atoms with Crippen LogP contribution in [0.3, 0.4) is 0 Å². The van der Waals surface area contributed by atoms with Crippen molar-refractivity contribution in [3.63, 3.8) is 0 Å². The Hall–Kier alpha value is -4.20. The molecule has 1 amide bonds. The summed E-state index contributed by atoms with van der Waals surface area (Å²) in [5, 5.41) is 4.42. The van der Waals surface area contributed by atoms with E-state index < -0.39 is 12.7 Å². The van der Waals surface area contributed by atoms with Gasteiger partial charge < -0.3 is 4.90 Å². The van der Waals surface area contributed by atoms with E-state index in [4.69, 9.17) is 0 Å². The van der Waals surface area contributed by atoms with Gasteiger partial charge >= 0.3 is 5.69 Å². The quantitative estimate of drug-likeness (QED) is 0.373. The molecule has 6 rings (SSSR count). The van der Waals surface area contributed by atoms with Crippen LogP contribution in [0.25, 0.3) is 33.4 Å². The number of carbonyl (C=O) groups is 1. The number of rotatable bonds is 5. The van der Waals surface area contributed by atoms with Crippen LogP contribution in [-0.2, 0) is 11.3 Å². The number of alkyl halides is 1. The van der Waals surface area contributed by atoms with Crippen LogP contribution < -0.4 is 5.69 Å². The summed E-state index contributed by atoms with van der Waals surface area (Å²) >= 11 is 0. The summed E-state index contributed by atoms with van der Waals surface area (Å²) in [5.41, 5.74) is 5.83. The van der Waals surface area contributed by atoms with E-state index in [2.05, 4.69) is 5.10 Å². The number of aryl methyl sites for hydroxylation is 1. The average Bonchev–Trinajstić information content (AvgIpc) is 3.61. The third-order valence-corrected chi connectivity index (χ3v) is 7.19. The van der Waals surface area contributed by atoms with Crippen molar-refractivity contribution in [2.24, 2.45) is 0 Å². The first-order valence-corrected chi connectivity index (χ1v) is 12.2. The highest BCUT2D eigenvalue weighted by molar-refractivity contribution is 5.85. The molecule has 0 spiro atoms. The van der Waals surface area contributed by atoms with Gasteiger partial charge in [-0.25, -0.2) is 13.7 Å². The highest BCUT2D eigenvalue weighted by atomic mass is 19.1. The first-order chi connectivity index (χ1) is 17.6. The third kappa shape index (κ3) is 3.52. The predicted molar refractivity (Wildman–Crippen MR) is 137 cm³/mol. The van der Waals surface area contributed by atoms with Gasteiger partial charge in [-0.15, -0.1) is 0 Å². The largest absolute Gasteiger partial charge is 0.336 e. The maximum atomic E-state index is 13.7. The summed E-state index contributed by atoms with van der Waals surface area (Å²) in [4.78, 5) is 28.4. The molecular formula is C28H26FN5O2. The van der Waals surface area contributed by atoms with E-state index in [0.717, 1.165) is 34.1 Å². The van der Waals surface area contributed by atoms with Crippen molar-refractivity contribution in [2.45, 2.75) is 32.4 Å². The summed E-state index contributed by atoms with van der Waals surface area (Å²) in [6, 6.07) is 19.0. The second-order valence-electron chi connectivity index (χ2n) is 9.32. The molecule has 0 radical (unpaired) electrons. The monoisotopic (exact) mass is 483 g/mol. The Morgan fingerprint density at radius 3 is 2.67 bits per heavy atom. The van der Waals surface area contributed by atoms with Crippen LogP contribution in [0.4, 0.5) is 4.39 Å². The van der Waals surface area contributed by atoms with Gasteiger partial charge in [0.2, 0.25) is 5.91 Å². The molecule has 1 unspecified atom stereocenters. The molecule has 1 aliphatic rings. The second-order valence-corrected chi connectivity index (χ2v) is 9.32. The van der Waals surface area contributed by atoms with Crippen molar-refractivity contribution in [1.29, 1.82) is 0 Å². The molecule has 1 saturated heterocycles. The fraction of sp³-hybridized carbons (Fsp3) is 0.250. The number of likely N-dealkylation sites (tertiary alicyclic amines) is 1. The van der Waals surface area contributed by atoms with Gasteiger partial charge in [0.05, 0.1) is 34.5 Å². The second kappa shape index (κ2) is 8.78. The highest BCUT2D eigenvalue weighted by Crippen LogP contribution is 2.27. The number of fused-ring (bicyclic) bond motifs is 2. The smallest absolute Gasteiger partial charge is 0.334 e. The fourth-order valence-electron chi connectivity index (χ4n) is 5.36. The van der Waals surface area contributed by atoms with Gasteiger partial charge in [0.1, 0.15) is 13.2 Å². The fourth-order valence-corrected chi connectivity index (χ4v) is 5.36. The van der Waals surface area contributed by atoms with Crippen LogP contribution >= 0.6 is 0 Å². The SMILES string of the molecule is Cc1cccc2c1n(-c1ccc(-c3cnn4ccccc34)cc1)c(=O)n2CC(=O)N1CCCC1CF. The zero-order valence-electron chi connectivity index (χ0n) is 20.0. The zero-order chi connectivity index (χ0) is 24.8. The number of benzene rings is 2. The van der Waals surface area contributed by atoms with Crippen LogP contribution in [0, 0.1) is 6.92 Å². The normalized spacial score (nSPS) is 15.8. The Labute approximate surface area is 207 Å². The number of aromatic nitrogens is 4. The van der Waals surface area contributed by atoms with Crippen LogP contribution in [0.2, 0.25) is 0 Å². The summed E-state index contributed by atoms with van der Waals surface area (Å²) in [7, 11) is 0. The lowest BCUT2D eigenvalue weighted by atomic mass is 10.1. The summed E-state index contributed by atoms with van der Waals surface area (Å²) < 4.78 is 18.4. The number of para-hydroxylation sites is 1. The Bertz CT molecular complexity index is 1650. The van der Waals surface area contributed by atoms with E-state index in [0.29, 0.717) is 24.2 Å². The molecule has 3 aromatic heterocycles. The van der Waals surface area contributed by atoms with E-state index >= 15 is 0 Å². The molecule has 7 nitrogen and oxygen atoms in total. The first kappa shape index (κ1) is 22.3. The number of pyridine rings is 1. The van der Waals surface area contributed by atoms with Crippen molar-refractivity contribution in [2.75, 3.05) is 13.2 Å². The van der Waals surface area contributed by atoms with E-state index in [1.165, 1.54) is 4.57 Å². The molecule has 0 bridgehead atoms. The third-order valence-electron chi connectivity index (χ3n) is 7.19. The van der Waals surface area contributed by atoms with Crippen LogP contribution in [0.1, 0.15) is 18.4 Å². The van der Waals surface area contributed by atoms with E-state index in [9.17, 15) is 14.0 Å². The van der Waals surface area contributed by atoms with Crippen LogP contribution in [0.5, 0.6) is 0 Å². The van der Waals surface area contributed by atoms with Crippen molar-refractivity contribution in [3.05, 3.63) is 89.1 Å². The molecule has 0 saturated carbocycles. The highest BCUT2D eigenvalue weighted by Gasteiger charge is 2.29. The van der Waals surface area contributed by atoms with Gasteiger partial charge in [-0.1, -0.05) is 30.3 Å². The molecule has 0 N–H and O–H groups in total. The van der Waals surface area contributed by atoms with E-state index in [1.807, 2.05) is 84.5 Å². The van der Waals surface area contributed by atoms with Crippen LogP contribution in [-0.4, -0.2) is 48.8 Å². The molecule has 0 aliphatic carbocycles. The summed E-state index contributed by atoms with van der Waals surface area (Å²) in [6.45, 7) is 1.82. The number of halogens is 1. The van der Waals surface area contributed by atoms with Crippen molar-refractivity contribution in [1.82, 2.24) is 23.6 Å². The Kier molecular flexibility index (Phi) is 5.44. The van der Waals surface area contributed by atoms with Crippen molar-refractivity contribution >= 4 is 22.5 Å². The molecule has 36 heavy (non-hydrogen) atoms. The molecular weight excluding hydrogens is 457 g/mol. The van der Waals surface area contributed by atoms with Crippen molar-refractivity contribution in [3.8, 4) is 16.8 Å². The molecule has 2 aromatic carbocycles. The Morgan fingerprint density at radius 1 is 1.06 bits per heavy atom. The van der Waals surface area contributed by atoms with Gasteiger partial charge in [0, 0.05) is 18.3 Å². The predicted octanol–water partition coefficient (Wildman–Crippen LogP) is 4.38. The maximum absolute atomic E-state index is 13.7. The molecule has 1 fully saturated rings. The maximum Gasteiger partial charge on any atom is 0.334 e. The molecule has 1 aliphatic heterocycles. The van der Waals surface area contributed by atoms with E-state index in [1.54, 1.807) is 9.47 Å². The van der Waals surface area contributed by atoms with Crippen LogP contribution in [0.15, 0.2) is 77.9 Å². The number of nitrogens with zero attached hydrogens (tertiary/aromatic N) is 5. The number of carbonyl (C=O) groups excluding carboxylic acids is 1. The zero-order valence-corrected chi connectivity index (χ0v) is 20.0. The van der Waals surface area contributed by atoms with Gasteiger partial charge in [-0.3, -0.25) is 13.9 Å². The molecule has 4 heterocycles. The lowest BCUT2D eigenvalue weighted by Crippen LogP contribution is -2.40. The van der Waals surface area contributed by atoms with Gasteiger partial charge in [0.25, 0.3) is 0 Å². The lowest BCUT2D eigenvalue weighted by molar-refractivity contribution is -0.132. The molecule has 1 atom stereocenters. The van der Waals surface area contributed by atoms with Crippen molar-refractivity contribution < 1.29 is 9.18 Å². The van der Waals surface area contributed by atoms with E-state index in [-0.39, 0.29) is 18.1 Å². The minimum Gasteiger partial charge on any atom is -0.336 e. The topological polar surface area (TPSA) is 64.5 Å². The number of hydrogen-bond donors (Lipinski definition) is 0. The summed E-state index contributed by atoms with van der Waals surface area (Å²) in [6.07, 6.45) is 5.19. The number of amides is 1. The van der Waals surface area contributed by atoms with Gasteiger partial charge in [0.15, 0.2) is 0 Å². The minimum atomic E-state index is -0.555. The molecule has 8 heteroatoms. The molecule has 182 valence electrons. The Morgan fingerprint density at radius 2 is 1.86 bits per heavy atom. The molecule has 5 aromatic rings. The lowest BCUT2D eigenvalue weighted by Gasteiger charge is -2.22. The Balaban J connectivity index is 1.41. The summed E-state index contributed by atoms with van der Waals surface area (Å²) in [5.74, 6) is -0.221. The number of hydrogen-bond acceptors (Lipinski definition) is 3. The van der Waals surface area contributed by atoms with Gasteiger partial charge in [-0.05, 0) is 61.2 Å². The van der Waals surface area contributed by atoms with Gasteiger partial charge in [-0.2, -0.15) is 5.10 Å². The first-order valence-electron chi connectivity index (χ1n) is 12.2. The number of imidazole rings is 1. The minimum absolute atomic E-state index is 0.108. The standard InChI is InChI=1S/C28H26FN5O2/c1-19-6-4-9-25-27(19)34(28(36)32(25)18-26(35)31-14-5-7-22(31)16-29)21-12-10-20(11-13-21)23-17-30-33-15-3-2-8-24(23)33/h2-4,6,8-13,15,17,22H,5,7,14,16,18H2,1H3. The average molecular weight is 484 g/mol.